The molecular weight excluding hydrogens is 286 g/mol. The fourth-order valence-corrected chi connectivity index (χ4v) is 2.72. The topological polar surface area (TPSA) is 41.1 Å². The molecule has 3 nitrogen and oxygen atoms in total. The molecule has 1 aromatic carbocycles. The molecule has 0 aromatic heterocycles. The van der Waals surface area contributed by atoms with Gasteiger partial charge in [0.1, 0.15) is 11.6 Å². The van der Waals surface area contributed by atoms with E-state index in [0.29, 0.717) is 12.0 Å². The number of benzene rings is 1. The lowest BCUT2D eigenvalue weighted by Crippen LogP contribution is -2.37. The summed E-state index contributed by atoms with van der Waals surface area (Å²) in [5.74, 6) is -1.42. The van der Waals surface area contributed by atoms with Crippen LogP contribution in [0, 0.1) is 17.6 Å². The number of amides is 1. The maximum absolute atomic E-state index is 13.6. The maximum Gasteiger partial charge on any atom is 0.224 e. The predicted molar refractivity (Wildman–Crippen MR) is 73.9 cm³/mol. The van der Waals surface area contributed by atoms with Crippen LogP contribution in [0.4, 0.5) is 8.78 Å². The largest absolute Gasteiger partial charge is 0.352 e. The van der Waals surface area contributed by atoms with Gasteiger partial charge in [0, 0.05) is 24.6 Å². The summed E-state index contributed by atoms with van der Waals surface area (Å²) in [5, 5.41) is 6.15. The summed E-state index contributed by atoms with van der Waals surface area (Å²) in [6.45, 7) is 1.72. The Morgan fingerprint density at radius 2 is 2.15 bits per heavy atom. The van der Waals surface area contributed by atoms with Crippen LogP contribution in [0.5, 0.6) is 0 Å². The zero-order valence-electron chi connectivity index (χ0n) is 10.9. The molecule has 3 rings (SSSR count). The highest BCUT2D eigenvalue weighted by Gasteiger charge is 2.45. The summed E-state index contributed by atoms with van der Waals surface area (Å²) in [7, 11) is 0. The van der Waals surface area contributed by atoms with E-state index in [-0.39, 0.29) is 36.2 Å². The lowest BCUT2D eigenvalue weighted by atomic mass is 10.1. The van der Waals surface area contributed by atoms with Crippen LogP contribution in [0.2, 0.25) is 0 Å². The van der Waals surface area contributed by atoms with Crippen LogP contribution in [0.1, 0.15) is 24.3 Å². The van der Waals surface area contributed by atoms with E-state index in [1.807, 2.05) is 0 Å². The summed E-state index contributed by atoms with van der Waals surface area (Å²) < 4.78 is 26.4. The molecule has 1 saturated heterocycles. The molecule has 1 saturated carbocycles. The van der Waals surface area contributed by atoms with Crippen LogP contribution in [0.15, 0.2) is 18.2 Å². The minimum absolute atomic E-state index is 0. The average Bonchev–Trinajstić information content (AvgIpc) is 2.99. The fraction of sp³-hybridized carbons (Fsp3) is 0.500. The van der Waals surface area contributed by atoms with E-state index in [4.69, 9.17) is 0 Å². The lowest BCUT2D eigenvalue weighted by molar-refractivity contribution is -0.123. The Hall–Kier alpha value is -1.20. The molecule has 1 heterocycles. The van der Waals surface area contributed by atoms with Gasteiger partial charge >= 0.3 is 0 Å². The number of nitrogens with one attached hydrogen (secondary N) is 2. The molecule has 1 amide bonds. The molecule has 2 fully saturated rings. The van der Waals surface area contributed by atoms with Gasteiger partial charge in [0.2, 0.25) is 5.91 Å². The quantitative estimate of drug-likeness (QED) is 0.896. The average molecular weight is 303 g/mol. The molecule has 3 atom stereocenters. The van der Waals surface area contributed by atoms with Crippen molar-refractivity contribution in [3.05, 3.63) is 35.4 Å². The van der Waals surface area contributed by atoms with Gasteiger partial charge in [0.15, 0.2) is 0 Å². The van der Waals surface area contributed by atoms with Crippen molar-refractivity contribution in [2.75, 3.05) is 13.1 Å². The molecule has 1 aromatic rings. The van der Waals surface area contributed by atoms with Gasteiger partial charge in [-0.25, -0.2) is 8.78 Å². The van der Waals surface area contributed by atoms with E-state index in [9.17, 15) is 13.6 Å². The van der Waals surface area contributed by atoms with Crippen LogP contribution in [-0.4, -0.2) is 25.0 Å². The van der Waals surface area contributed by atoms with Crippen LogP contribution in [0.3, 0.4) is 0 Å². The highest BCUT2D eigenvalue weighted by Crippen LogP contribution is 2.48. The number of carbonyl (C=O) groups is 1. The Morgan fingerprint density at radius 3 is 2.80 bits per heavy atom. The molecular formula is C14H17ClF2N2O. The van der Waals surface area contributed by atoms with Crippen molar-refractivity contribution in [3.63, 3.8) is 0 Å². The van der Waals surface area contributed by atoms with Gasteiger partial charge < -0.3 is 10.6 Å². The summed E-state index contributed by atoms with van der Waals surface area (Å²) in [6.07, 6.45) is 1.59. The SMILES string of the molecule is Cl.O=C(NC1CCNC1)C1CC1c1ccc(F)cc1F. The summed E-state index contributed by atoms with van der Waals surface area (Å²) >= 11 is 0. The van der Waals surface area contributed by atoms with Gasteiger partial charge in [-0.05, 0) is 36.9 Å². The standard InChI is InChI=1S/C14H16F2N2O.ClH/c15-8-1-2-10(13(16)5-8)11-6-12(11)14(19)18-9-3-4-17-7-9;/h1-2,5,9,11-12,17H,3-4,6-7H2,(H,18,19);1H. The monoisotopic (exact) mass is 302 g/mol. The second-order valence-corrected chi connectivity index (χ2v) is 5.31. The van der Waals surface area contributed by atoms with E-state index in [1.54, 1.807) is 0 Å². The highest BCUT2D eigenvalue weighted by molar-refractivity contribution is 5.85. The van der Waals surface area contributed by atoms with Crippen molar-refractivity contribution in [3.8, 4) is 0 Å². The van der Waals surface area contributed by atoms with Gasteiger partial charge in [-0.3, -0.25) is 4.79 Å². The molecule has 2 aliphatic rings. The first-order chi connectivity index (χ1) is 9.15. The van der Waals surface area contributed by atoms with Crippen molar-refractivity contribution in [1.82, 2.24) is 10.6 Å². The zero-order valence-corrected chi connectivity index (χ0v) is 11.7. The van der Waals surface area contributed by atoms with Crippen LogP contribution >= 0.6 is 12.4 Å². The predicted octanol–water partition coefficient (Wildman–Crippen LogP) is 1.97. The molecule has 110 valence electrons. The van der Waals surface area contributed by atoms with Crippen molar-refractivity contribution in [1.29, 1.82) is 0 Å². The van der Waals surface area contributed by atoms with E-state index >= 15 is 0 Å². The number of carbonyl (C=O) groups excluding carboxylic acids is 1. The molecule has 20 heavy (non-hydrogen) atoms. The van der Waals surface area contributed by atoms with E-state index in [1.165, 1.54) is 12.1 Å². The van der Waals surface area contributed by atoms with Crippen LogP contribution < -0.4 is 10.6 Å². The normalized spacial score (nSPS) is 27.8. The second kappa shape index (κ2) is 6.06. The smallest absolute Gasteiger partial charge is 0.224 e. The number of rotatable bonds is 3. The Labute approximate surface area is 122 Å². The van der Waals surface area contributed by atoms with Crippen LogP contribution in [0.25, 0.3) is 0 Å². The minimum atomic E-state index is -0.583. The fourth-order valence-electron chi connectivity index (χ4n) is 2.72. The van der Waals surface area contributed by atoms with Crippen molar-refractivity contribution < 1.29 is 13.6 Å². The second-order valence-electron chi connectivity index (χ2n) is 5.31. The Bertz CT molecular complexity index is 506. The van der Waals surface area contributed by atoms with E-state index in [0.717, 1.165) is 25.6 Å². The van der Waals surface area contributed by atoms with Crippen molar-refractivity contribution in [2.45, 2.75) is 24.8 Å². The Morgan fingerprint density at radius 1 is 1.35 bits per heavy atom. The number of hydrogen-bond donors (Lipinski definition) is 2. The molecule has 0 bridgehead atoms. The molecule has 3 unspecified atom stereocenters. The van der Waals surface area contributed by atoms with Gasteiger partial charge in [0.05, 0.1) is 0 Å². The number of halogens is 3. The molecule has 0 spiro atoms. The summed E-state index contributed by atoms with van der Waals surface area (Å²) in [5.41, 5.74) is 0.450. The summed E-state index contributed by atoms with van der Waals surface area (Å²) in [6, 6.07) is 3.75. The van der Waals surface area contributed by atoms with Gasteiger partial charge in [-0.15, -0.1) is 12.4 Å². The van der Waals surface area contributed by atoms with Gasteiger partial charge in [0.25, 0.3) is 0 Å². The van der Waals surface area contributed by atoms with E-state index in [2.05, 4.69) is 10.6 Å². The first kappa shape index (κ1) is 15.2. The first-order valence-corrected chi connectivity index (χ1v) is 6.61. The third-order valence-electron chi connectivity index (χ3n) is 3.90. The van der Waals surface area contributed by atoms with Crippen LogP contribution in [-0.2, 0) is 4.79 Å². The highest BCUT2D eigenvalue weighted by atomic mass is 35.5. The van der Waals surface area contributed by atoms with Crippen molar-refractivity contribution in [2.24, 2.45) is 5.92 Å². The van der Waals surface area contributed by atoms with Gasteiger partial charge in [-0.1, -0.05) is 6.07 Å². The van der Waals surface area contributed by atoms with Crippen molar-refractivity contribution >= 4 is 18.3 Å². The zero-order chi connectivity index (χ0) is 13.4. The maximum atomic E-state index is 13.6. The lowest BCUT2D eigenvalue weighted by Gasteiger charge is -2.11. The molecule has 6 heteroatoms. The third-order valence-corrected chi connectivity index (χ3v) is 3.90. The first-order valence-electron chi connectivity index (χ1n) is 6.61. The molecule has 0 radical (unpaired) electrons. The third kappa shape index (κ3) is 3.10. The molecule has 2 N–H and O–H groups in total. The Kier molecular flexibility index (Phi) is 4.60. The molecule has 1 aliphatic heterocycles. The van der Waals surface area contributed by atoms with E-state index < -0.39 is 11.6 Å². The summed E-state index contributed by atoms with van der Waals surface area (Å²) in [4.78, 5) is 12.0. The number of hydrogen-bond acceptors (Lipinski definition) is 2. The minimum Gasteiger partial charge on any atom is -0.352 e. The Balaban J connectivity index is 0.00000147. The van der Waals surface area contributed by atoms with Gasteiger partial charge in [-0.2, -0.15) is 0 Å². The molecule has 1 aliphatic carbocycles.